The van der Waals surface area contributed by atoms with Crippen LogP contribution in [0, 0.1) is 5.82 Å². The van der Waals surface area contributed by atoms with E-state index in [9.17, 15) is 26.0 Å². The summed E-state index contributed by atoms with van der Waals surface area (Å²) in [5.74, 6) is -1.10. The van der Waals surface area contributed by atoms with Crippen LogP contribution in [0.5, 0.6) is 5.75 Å². The van der Waals surface area contributed by atoms with Crippen molar-refractivity contribution >= 4 is 10.0 Å². The van der Waals surface area contributed by atoms with E-state index in [-0.39, 0.29) is 28.3 Å². The lowest BCUT2D eigenvalue weighted by molar-refractivity contribution is -0.139. The minimum absolute atomic E-state index is 0.0685. The topological polar surface area (TPSA) is 95.4 Å². The Hall–Kier alpha value is -2.92. The first-order chi connectivity index (χ1) is 13.0. The van der Waals surface area contributed by atoms with E-state index in [1.807, 2.05) is 0 Å². The summed E-state index contributed by atoms with van der Waals surface area (Å²) in [7, 11) is -3.50. The van der Waals surface area contributed by atoms with Crippen molar-refractivity contribution in [2.45, 2.75) is 11.1 Å². The maximum Gasteiger partial charge on any atom is 0.417 e. The van der Waals surface area contributed by atoms with E-state index >= 15 is 0 Å². The normalized spacial score (nSPS) is 12.2. The van der Waals surface area contributed by atoms with Gasteiger partial charge in [-0.1, -0.05) is 6.07 Å². The van der Waals surface area contributed by atoms with Gasteiger partial charge in [-0.3, -0.25) is 0 Å². The molecule has 1 heterocycles. The Kier molecular flexibility index (Phi) is 4.90. The third kappa shape index (κ3) is 3.71. The lowest BCUT2D eigenvalue weighted by Crippen LogP contribution is -2.19. The Morgan fingerprint density at radius 3 is 2.36 bits per heavy atom. The van der Waals surface area contributed by atoms with Crippen LogP contribution in [0.15, 0.2) is 52.1 Å². The highest BCUT2D eigenvalue weighted by Gasteiger charge is 2.38. The van der Waals surface area contributed by atoms with Crippen LogP contribution >= 0.6 is 0 Å². The number of halogens is 4. The monoisotopic (exact) mass is 416 g/mol. The summed E-state index contributed by atoms with van der Waals surface area (Å²) in [6.07, 6.45) is -2.68. The van der Waals surface area contributed by atoms with Crippen LogP contribution in [0.2, 0.25) is 0 Å². The second kappa shape index (κ2) is 6.91. The predicted molar refractivity (Wildman–Crippen MR) is 90.3 cm³/mol. The van der Waals surface area contributed by atoms with Gasteiger partial charge in [-0.25, -0.2) is 22.9 Å². The highest BCUT2D eigenvalue weighted by molar-refractivity contribution is 7.89. The molecule has 2 N–H and O–H groups in total. The molecule has 0 aliphatic carbocycles. The lowest BCUT2D eigenvalue weighted by Gasteiger charge is -2.16. The van der Waals surface area contributed by atoms with E-state index in [0.29, 0.717) is 6.07 Å². The number of methoxy groups -OCH3 is 1. The number of hydrogen-bond acceptors (Lipinski definition) is 5. The molecule has 0 saturated carbocycles. The van der Waals surface area contributed by atoms with Gasteiger partial charge in [0, 0.05) is 5.56 Å². The van der Waals surface area contributed by atoms with Crippen molar-refractivity contribution in [3.63, 3.8) is 0 Å². The number of alkyl halides is 3. The SMILES string of the molecule is COc1ccc(-c2cc(S(N)(=O)=O)c(C(F)(F)F)cc2-c2ncco2)cc1F. The summed E-state index contributed by atoms with van der Waals surface area (Å²) in [6.45, 7) is 0. The van der Waals surface area contributed by atoms with Crippen molar-refractivity contribution in [3.05, 3.63) is 54.2 Å². The molecule has 11 heteroatoms. The molecule has 2 aromatic carbocycles. The summed E-state index contributed by atoms with van der Waals surface area (Å²) in [4.78, 5) is 2.66. The number of hydrogen-bond donors (Lipinski definition) is 1. The number of sulfonamides is 1. The van der Waals surface area contributed by atoms with Crippen LogP contribution < -0.4 is 9.88 Å². The van der Waals surface area contributed by atoms with E-state index < -0.39 is 32.5 Å². The Morgan fingerprint density at radius 1 is 1.14 bits per heavy atom. The maximum atomic E-state index is 14.1. The summed E-state index contributed by atoms with van der Waals surface area (Å²) in [5, 5.41) is 4.98. The number of benzene rings is 2. The van der Waals surface area contributed by atoms with Gasteiger partial charge in [0.1, 0.15) is 6.26 Å². The van der Waals surface area contributed by atoms with Gasteiger partial charge in [0.25, 0.3) is 0 Å². The average molecular weight is 416 g/mol. The second-order valence-corrected chi connectivity index (χ2v) is 7.15. The molecule has 28 heavy (non-hydrogen) atoms. The standard InChI is InChI=1S/C17H12F4N2O4S/c1-26-14-3-2-9(6-13(14)18)10-8-15(28(22,24)25)12(17(19,20)21)7-11(10)16-23-4-5-27-16/h2-8H,1H3,(H2,22,24,25). The predicted octanol–water partition coefficient (Wildman–Crippen LogP) is 3.82. The number of primary sulfonamides is 1. The number of aromatic nitrogens is 1. The molecular weight excluding hydrogens is 404 g/mol. The quantitative estimate of drug-likeness (QED) is 0.653. The van der Waals surface area contributed by atoms with Gasteiger partial charge < -0.3 is 9.15 Å². The molecule has 0 amide bonds. The van der Waals surface area contributed by atoms with E-state index in [4.69, 9.17) is 14.3 Å². The average Bonchev–Trinajstić information content (AvgIpc) is 3.13. The minimum Gasteiger partial charge on any atom is -0.494 e. The van der Waals surface area contributed by atoms with E-state index in [1.54, 1.807) is 0 Å². The summed E-state index contributed by atoms with van der Waals surface area (Å²) < 4.78 is 87.9. The fourth-order valence-electron chi connectivity index (χ4n) is 2.64. The fraction of sp³-hybridized carbons (Fsp3) is 0.118. The lowest BCUT2D eigenvalue weighted by atomic mass is 9.96. The first-order valence-electron chi connectivity index (χ1n) is 7.54. The zero-order valence-corrected chi connectivity index (χ0v) is 14.9. The molecule has 0 fully saturated rings. The van der Waals surface area contributed by atoms with Crippen LogP contribution in [0.3, 0.4) is 0 Å². The Balaban J connectivity index is 2.39. The Labute approximate surface area is 156 Å². The number of nitrogens with two attached hydrogens (primary N) is 1. The van der Waals surface area contributed by atoms with Crippen LogP contribution in [0.1, 0.15) is 5.56 Å². The first-order valence-corrected chi connectivity index (χ1v) is 9.09. The molecule has 0 aliphatic heterocycles. The highest BCUT2D eigenvalue weighted by Crippen LogP contribution is 2.41. The van der Waals surface area contributed by atoms with Gasteiger partial charge in [-0.15, -0.1) is 0 Å². The highest BCUT2D eigenvalue weighted by atomic mass is 32.2. The van der Waals surface area contributed by atoms with Crippen molar-refractivity contribution in [1.29, 1.82) is 0 Å². The summed E-state index contributed by atoms with van der Waals surface area (Å²) >= 11 is 0. The largest absolute Gasteiger partial charge is 0.494 e. The van der Waals surface area contributed by atoms with Crippen molar-refractivity contribution < 1.29 is 35.1 Å². The molecule has 0 unspecified atom stereocenters. The molecule has 0 saturated heterocycles. The molecular formula is C17H12F4N2O4S. The van der Waals surface area contributed by atoms with Crippen molar-refractivity contribution in [2.24, 2.45) is 5.14 Å². The minimum atomic E-state index is -5.02. The molecule has 3 rings (SSSR count). The van der Waals surface area contributed by atoms with Crippen molar-refractivity contribution in [2.75, 3.05) is 7.11 Å². The smallest absolute Gasteiger partial charge is 0.417 e. The number of rotatable bonds is 4. The van der Waals surface area contributed by atoms with E-state index in [1.165, 1.54) is 25.4 Å². The van der Waals surface area contributed by atoms with Crippen molar-refractivity contribution in [1.82, 2.24) is 4.98 Å². The van der Waals surface area contributed by atoms with Gasteiger partial charge in [0.05, 0.1) is 23.8 Å². The number of ether oxygens (including phenoxy) is 1. The zero-order chi connectivity index (χ0) is 20.7. The zero-order valence-electron chi connectivity index (χ0n) is 14.1. The molecule has 0 bridgehead atoms. The van der Waals surface area contributed by atoms with Crippen LogP contribution in [-0.2, 0) is 16.2 Å². The summed E-state index contributed by atoms with van der Waals surface area (Å²) in [6, 6.07) is 4.87. The van der Waals surface area contributed by atoms with Crippen molar-refractivity contribution in [3.8, 4) is 28.3 Å². The number of nitrogens with zero attached hydrogens (tertiary/aromatic N) is 1. The van der Waals surface area contributed by atoms with Gasteiger partial charge >= 0.3 is 6.18 Å². The van der Waals surface area contributed by atoms with Gasteiger partial charge in [0.2, 0.25) is 15.9 Å². The third-order valence-electron chi connectivity index (χ3n) is 3.86. The molecule has 1 aromatic heterocycles. The molecule has 0 aliphatic rings. The first kappa shape index (κ1) is 19.8. The maximum absolute atomic E-state index is 14.1. The third-order valence-corrected chi connectivity index (χ3v) is 4.81. The fourth-order valence-corrected chi connectivity index (χ4v) is 3.41. The van der Waals surface area contributed by atoms with E-state index in [0.717, 1.165) is 18.4 Å². The van der Waals surface area contributed by atoms with Crippen LogP contribution in [-0.4, -0.2) is 20.5 Å². The Bertz CT molecular complexity index is 1130. The van der Waals surface area contributed by atoms with Gasteiger partial charge in [-0.2, -0.15) is 13.2 Å². The second-order valence-electron chi connectivity index (χ2n) is 5.62. The van der Waals surface area contributed by atoms with Crippen LogP contribution in [0.25, 0.3) is 22.6 Å². The van der Waals surface area contributed by atoms with Gasteiger partial charge in [0.15, 0.2) is 11.6 Å². The molecule has 6 nitrogen and oxygen atoms in total. The molecule has 0 atom stereocenters. The van der Waals surface area contributed by atoms with Gasteiger partial charge in [-0.05, 0) is 35.4 Å². The van der Waals surface area contributed by atoms with E-state index in [2.05, 4.69) is 4.98 Å². The van der Waals surface area contributed by atoms with Crippen LogP contribution in [0.4, 0.5) is 17.6 Å². The molecule has 0 radical (unpaired) electrons. The molecule has 0 spiro atoms. The Morgan fingerprint density at radius 2 is 1.86 bits per heavy atom. The molecule has 148 valence electrons. The molecule has 3 aromatic rings. The number of oxazole rings is 1. The summed E-state index contributed by atoms with van der Waals surface area (Å²) in [5.41, 5.74) is -1.67.